The van der Waals surface area contributed by atoms with Crippen LogP contribution in [0.2, 0.25) is 0 Å². The maximum absolute atomic E-state index is 5.11. The lowest BCUT2D eigenvalue weighted by Gasteiger charge is -1.91. The first-order chi connectivity index (χ1) is 4.93. The van der Waals surface area contributed by atoms with E-state index >= 15 is 0 Å². The fourth-order valence-corrected chi connectivity index (χ4v) is 0.904. The molecule has 1 nitrogen and oxygen atoms in total. The van der Waals surface area contributed by atoms with E-state index in [9.17, 15) is 0 Å². The van der Waals surface area contributed by atoms with E-state index in [0.29, 0.717) is 0 Å². The van der Waals surface area contributed by atoms with Gasteiger partial charge in [0.05, 0.1) is 0 Å². The van der Waals surface area contributed by atoms with Crippen molar-refractivity contribution >= 4 is 0 Å². The third kappa shape index (κ3) is 1.99. The van der Waals surface area contributed by atoms with Gasteiger partial charge < -0.3 is 4.98 Å². The van der Waals surface area contributed by atoms with E-state index in [-0.39, 0.29) is 0 Å². The highest BCUT2D eigenvalue weighted by atomic mass is 14.7. The summed E-state index contributed by atoms with van der Waals surface area (Å²) in [6.07, 6.45) is 10.1. The van der Waals surface area contributed by atoms with Crippen molar-refractivity contribution in [1.29, 1.82) is 0 Å². The summed E-state index contributed by atoms with van der Waals surface area (Å²) in [6.45, 7) is 0. The molecule has 0 radical (unpaired) electrons. The van der Waals surface area contributed by atoms with Crippen LogP contribution >= 0.6 is 0 Å². The molecule has 0 saturated heterocycles. The van der Waals surface area contributed by atoms with Crippen LogP contribution in [-0.2, 0) is 6.42 Å². The molecule has 0 aromatic carbocycles. The highest BCUT2D eigenvalue weighted by Crippen LogP contribution is 2.00. The molecule has 0 unspecified atom stereocenters. The third-order valence-electron chi connectivity index (χ3n) is 1.43. The Bertz CT molecular complexity index is 203. The van der Waals surface area contributed by atoms with Crippen LogP contribution < -0.4 is 0 Å². The number of terminal acetylenes is 1. The van der Waals surface area contributed by atoms with Crippen LogP contribution in [-0.4, -0.2) is 4.98 Å². The summed E-state index contributed by atoms with van der Waals surface area (Å²) >= 11 is 0. The number of nitrogens with one attached hydrogen (secondary N) is 1. The normalized spacial score (nSPS) is 9.10. The molecular weight excluding hydrogens is 122 g/mol. The van der Waals surface area contributed by atoms with Gasteiger partial charge >= 0.3 is 0 Å². The topological polar surface area (TPSA) is 15.8 Å². The van der Waals surface area contributed by atoms with Crippen LogP contribution in [0.3, 0.4) is 0 Å². The van der Waals surface area contributed by atoms with Crippen molar-refractivity contribution in [3.8, 4) is 12.3 Å². The average Bonchev–Trinajstić information content (AvgIpc) is 2.41. The number of aromatic nitrogens is 1. The van der Waals surface area contributed by atoms with E-state index in [2.05, 4.69) is 17.0 Å². The number of rotatable bonds is 3. The van der Waals surface area contributed by atoms with Crippen molar-refractivity contribution in [3.05, 3.63) is 24.0 Å². The molecule has 0 aliphatic carbocycles. The molecule has 0 bridgehead atoms. The summed E-state index contributed by atoms with van der Waals surface area (Å²) in [7, 11) is 0. The van der Waals surface area contributed by atoms with E-state index in [1.165, 1.54) is 5.69 Å². The van der Waals surface area contributed by atoms with Crippen molar-refractivity contribution in [3.63, 3.8) is 0 Å². The van der Waals surface area contributed by atoms with Crippen LogP contribution in [0.4, 0.5) is 0 Å². The van der Waals surface area contributed by atoms with Gasteiger partial charge in [0.15, 0.2) is 0 Å². The number of hydrogen-bond donors (Lipinski definition) is 1. The molecule has 1 rings (SSSR count). The minimum atomic E-state index is 0.874. The van der Waals surface area contributed by atoms with Crippen LogP contribution in [0, 0.1) is 12.3 Å². The van der Waals surface area contributed by atoms with Gasteiger partial charge in [-0.3, -0.25) is 0 Å². The lowest BCUT2D eigenvalue weighted by molar-refractivity contribution is 0.837. The van der Waals surface area contributed by atoms with Crippen LogP contribution in [0.25, 0.3) is 0 Å². The molecule has 0 amide bonds. The van der Waals surface area contributed by atoms with E-state index < -0.39 is 0 Å². The van der Waals surface area contributed by atoms with Gasteiger partial charge in [0.2, 0.25) is 0 Å². The molecular formula is C9H11N. The Hall–Kier alpha value is -1.16. The predicted octanol–water partition coefficient (Wildman–Crippen LogP) is 1.97. The van der Waals surface area contributed by atoms with Crippen molar-refractivity contribution in [1.82, 2.24) is 4.98 Å². The summed E-state index contributed by atoms with van der Waals surface area (Å²) < 4.78 is 0. The molecule has 1 aromatic rings. The smallest absolute Gasteiger partial charge is 0.0147 e. The second-order valence-electron chi connectivity index (χ2n) is 2.25. The Morgan fingerprint density at radius 3 is 3.10 bits per heavy atom. The minimum Gasteiger partial charge on any atom is -0.365 e. The zero-order valence-electron chi connectivity index (χ0n) is 5.93. The molecule has 52 valence electrons. The molecule has 0 spiro atoms. The summed E-state index contributed by atoms with van der Waals surface area (Å²) in [5.74, 6) is 2.62. The van der Waals surface area contributed by atoms with E-state index in [1.807, 2.05) is 12.3 Å². The molecule has 10 heavy (non-hydrogen) atoms. The standard InChI is InChI=1S/C9H11N/c1-2-3-4-6-9-7-5-8-10-9/h1,5,7-8,10H,3-4,6H2. The molecule has 0 aliphatic rings. The first kappa shape index (κ1) is 6.95. The largest absolute Gasteiger partial charge is 0.365 e. The first-order valence-electron chi connectivity index (χ1n) is 3.49. The van der Waals surface area contributed by atoms with E-state index in [4.69, 9.17) is 6.42 Å². The first-order valence-corrected chi connectivity index (χ1v) is 3.49. The van der Waals surface area contributed by atoms with Crippen LogP contribution in [0.5, 0.6) is 0 Å². The number of unbranched alkanes of at least 4 members (excludes halogenated alkanes) is 1. The minimum absolute atomic E-state index is 0.874. The van der Waals surface area contributed by atoms with Gasteiger partial charge in [0, 0.05) is 18.3 Å². The summed E-state index contributed by atoms with van der Waals surface area (Å²) in [6, 6.07) is 4.09. The summed E-state index contributed by atoms with van der Waals surface area (Å²) in [5, 5.41) is 0. The Morgan fingerprint density at radius 2 is 2.50 bits per heavy atom. The molecule has 1 heterocycles. The van der Waals surface area contributed by atoms with Gasteiger partial charge in [-0.25, -0.2) is 0 Å². The highest BCUT2D eigenvalue weighted by molar-refractivity contribution is 5.03. The Kier molecular flexibility index (Phi) is 2.63. The Labute approximate surface area is 61.5 Å². The zero-order chi connectivity index (χ0) is 7.23. The second-order valence-corrected chi connectivity index (χ2v) is 2.25. The Balaban J connectivity index is 2.23. The van der Waals surface area contributed by atoms with E-state index in [1.54, 1.807) is 0 Å². The molecule has 1 N–H and O–H groups in total. The SMILES string of the molecule is C#CCCCc1ccc[nH]1. The molecule has 0 atom stereocenters. The summed E-state index contributed by atoms with van der Waals surface area (Å²) in [5.41, 5.74) is 1.27. The van der Waals surface area contributed by atoms with Gasteiger partial charge in [0.1, 0.15) is 0 Å². The zero-order valence-corrected chi connectivity index (χ0v) is 5.93. The van der Waals surface area contributed by atoms with Crippen molar-refractivity contribution in [2.45, 2.75) is 19.3 Å². The number of aromatic amines is 1. The van der Waals surface area contributed by atoms with Gasteiger partial charge in [-0.05, 0) is 25.0 Å². The van der Waals surface area contributed by atoms with Crippen LogP contribution in [0.1, 0.15) is 18.5 Å². The maximum atomic E-state index is 5.11. The summed E-state index contributed by atoms with van der Waals surface area (Å²) in [4.78, 5) is 3.13. The second kappa shape index (κ2) is 3.79. The molecule has 1 aromatic heterocycles. The lowest BCUT2D eigenvalue weighted by Crippen LogP contribution is -1.82. The predicted molar refractivity (Wildman–Crippen MR) is 42.6 cm³/mol. The molecule has 1 heteroatoms. The number of hydrogen-bond acceptors (Lipinski definition) is 0. The van der Waals surface area contributed by atoms with Crippen molar-refractivity contribution in [2.75, 3.05) is 0 Å². The van der Waals surface area contributed by atoms with Crippen LogP contribution in [0.15, 0.2) is 18.3 Å². The quantitative estimate of drug-likeness (QED) is 0.479. The van der Waals surface area contributed by atoms with Crippen molar-refractivity contribution < 1.29 is 0 Å². The monoisotopic (exact) mass is 133 g/mol. The molecule has 0 aliphatic heterocycles. The molecule has 0 fully saturated rings. The average molecular weight is 133 g/mol. The van der Waals surface area contributed by atoms with Crippen molar-refractivity contribution in [2.24, 2.45) is 0 Å². The number of H-pyrrole nitrogens is 1. The van der Waals surface area contributed by atoms with Gasteiger partial charge in [-0.15, -0.1) is 12.3 Å². The Morgan fingerprint density at radius 1 is 1.60 bits per heavy atom. The van der Waals surface area contributed by atoms with Gasteiger partial charge in [-0.2, -0.15) is 0 Å². The fraction of sp³-hybridized carbons (Fsp3) is 0.333. The third-order valence-corrected chi connectivity index (χ3v) is 1.43. The molecule has 0 saturated carbocycles. The highest BCUT2D eigenvalue weighted by Gasteiger charge is 1.89. The maximum Gasteiger partial charge on any atom is 0.0147 e. The number of aryl methyl sites for hydroxylation is 1. The van der Waals surface area contributed by atoms with Gasteiger partial charge in [-0.1, -0.05) is 0 Å². The lowest BCUT2D eigenvalue weighted by atomic mass is 10.2. The van der Waals surface area contributed by atoms with Gasteiger partial charge in [0.25, 0.3) is 0 Å². The van der Waals surface area contributed by atoms with E-state index in [0.717, 1.165) is 19.3 Å². The fourth-order valence-electron chi connectivity index (χ4n) is 0.904.